The molecule has 4 aliphatic rings. The SMILES string of the molecule is O=C(O)CCCCCN1C(=O)C2CC=C3C(CC4C(=O)N(Nc5ccc(F)cc5)C(=O)C4(c4ccc(Cl)cc4)C3c3cc(Br)ccc3O)C2C1=O. The molecule has 6 unspecified atom stereocenters. The van der Waals surface area contributed by atoms with Crippen molar-refractivity contribution >= 4 is 62.8 Å². The molecular formula is C38H34BrClFN3O7. The van der Waals surface area contributed by atoms with Gasteiger partial charge in [0, 0.05) is 33.9 Å². The van der Waals surface area contributed by atoms with Crippen molar-refractivity contribution in [3.63, 3.8) is 0 Å². The molecule has 2 saturated heterocycles. The number of carboxylic acid groups (broad SMARTS) is 1. The molecule has 3 fully saturated rings. The number of carbonyl (C=O) groups is 5. The standard InChI is InChI=1S/C38H34BrClFN3O7/c39-21-7-16-30(45)28(18-21)33-25-14-15-26-32(36(50)43(34(26)48)17-3-1-2-4-31(46)47)27(25)19-29-35(49)44(42-24-12-10-23(41)11-13-24)37(51)38(29,33)20-5-8-22(40)9-6-20/h5-14,16,18,26-27,29,32-33,42,45H,1-4,15,17,19H2,(H,46,47). The first-order valence-corrected chi connectivity index (χ1v) is 18.0. The summed E-state index contributed by atoms with van der Waals surface area (Å²) in [6.07, 6.45) is 3.63. The number of hydrogen-bond acceptors (Lipinski definition) is 7. The van der Waals surface area contributed by atoms with E-state index in [4.69, 9.17) is 16.7 Å². The zero-order chi connectivity index (χ0) is 36.2. The van der Waals surface area contributed by atoms with Crippen LogP contribution in [-0.4, -0.2) is 56.3 Å². The summed E-state index contributed by atoms with van der Waals surface area (Å²) in [5.41, 5.74) is 3.14. The molecule has 0 bridgehead atoms. The maximum Gasteiger partial charge on any atom is 0.303 e. The minimum atomic E-state index is -1.61. The Morgan fingerprint density at radius 3 is 2.37 bits per heavy atom. The highest BCUT2D eigenvalue weighted by molar-refractivity contribution is 9.10. The van der Waals surface area contributed by atoms with E-state index in [-0.39, 0.29) is 43.4 Å². The number of benzene rings is 3. The number of hydrogen-bond donors (Lipinski definition) is 3. The van der Waals surface area contributed by atoms with E-state index < -0.39 is 58.6 Å². The molecule has 2 aliphatic carbocycles. The van der Waals surface area contributed by atoms with Gasteiger partial charge in [-0.25, -0.2) is 4.39 Å². The molecule has 0 aromatic heterocycles. The second-order valence-corrected chi connectivity index (χ2v) is 15.0. The number of allylic oxidation sites excluding steroid dienone is 2. The van der Waals surface area contributed by atoms with E-state index in [1.165, 1.54) is 35.2 Å². The van der Waals surface area contributed by atoms with Crippen LogP contribution < -0.4 is 5.43 Å². The monoisotopic (exact) mass is 777 g/mol. The molecule has 7 rings (SSSR count). The Morgan fingerprint density at radius 2 is 1.67 bits per heavy atom. The van der Waals surface area contributed by atoms with Crippen molar-refractivity contribution in [1.29, 1.82) is 0 Å². The van der Waals surface area contributed by atoms with Crippen molar-refractivity contribution in [2.45, 2.75) is 49.9 Å². The third-order valence-corrected chi connectivity index (χ3v) is 11.7. The number of anilines is 1. The Bertz CT molecular complexity index is 1970. The van der Waals surface area contributed by atoms with Gasteiger partial charge in [-0.3, -0.25) is 34.3 Å². The van der Waals surface area contributed by atoms with Crippen molar-refractivity contribution in [3.05, 3.63) is 105 Å². The van der Waals surface area contributed by atoms with E-state index in [0.717, 1.165) is 5.01 Å². The first-order chi connectivity index (χ1) is 24.4. The molecule has 264 valence electrons. The summed E-state index contributed by atoms with van der Waals surface area (Å²) in [5, 5.41) is 21.8. The number of imide groups is 2. The van der Waals surface area contributed by atoms with Crippen LogP contribution in [0.4, 0.5) is 10.1 Å². The number of unbranched alkanes of at least 4 members (excludes halogenated alkanes) is 2. The Kier molecular flexibility index (Phi) is 9.26. The number of nitrogens with zero attached hydrogens (tertiary/aromatic N) is 2. The zero-order valence-electron chi connectivity index (χ0n) is 27.2. The third-order valence-electron chi connectivity index (χ3n) is 10.9. The molecule has 10 nitrogen and oxygen atoms in total. The van der Waals surface area contributed by atoms with Crippen molar-refractivity contribution < 1.29 is 38.6 Å². The smallest absolute Gasteiger partial charge is 0.303 e. The van der Waals surface area contributed by atoms with Gasteiger partial charge >= 0.3 is 5.97 Å². The molecule has 2 heterocycles. The topological polar surface area (TPSA) is 144 Å². The van der Waals surface area contributed by atoms with Crippen molar-refractivity contribution in [3.8, 4) is 5.75 Å². The van der Waals surface area contributed by atoms with Crippen LogP contribution in [-0.2, 0) is 29.4 Å². The van der Waals surface area contributed by atoms with E-state index in [9.17, 15) is 28.7 Å². The summed E-state index contributed by atoms with van der Waals surface area (Å²) in [6.45, 7) is 0.160. The largest absolute Gasteiger partial charge is 0.508 e. The average molecular weight is 779 g/mol. The van der Waals surface area contributed by atoms with E-state index in [2.05, 4.69) is 21.4 Å². The lowest BCUT2D eigenvalue weighted by Crippen LogP contribution is -2.53. The van der Waals surface area contributed by atoms with E-state index in [0.29, 0.717) is 51.1 Å². The molecule has 51 heavy (non-hydrogen) atoms. The number of nitrogens with one attached hydrogen (secondary N) is 1. The number of aliphatic carboxylic acids is 1. The molecule has 0 radical (unpaired) electrons. The van der Waals surface area contributed by atoms with Gasteiger partial charge in [0.25, 0.3) is 11.8 Å². The van der Waals surface area contributed by atoms with Crippen LogP contribution in [0.5, 0.6) is 5.75 Å². The Hall–Kier alpha value is -4.55. The molecule has 1 saturated carbocycles. The molecule has 3 N–H and O–H groups in total. The highest BCUT2D eigenvalue weighted by Crippen LogP contribution is 2.65. The van der Waals surface area contributed by atoms with Crippen LogP contribution in [0.2, 0.25) is 5.02 Å². The lowest BCUT2D eigenvalue weighted by atomic mass is 9.49. The second-order valence-electron chi connectivity index (χ2n) is 13.6. The number of amides is 4. The molecular weight excluding hydrogens is 745 g/mol. The maximum absolute atomic E-state index is 15.1. The number of aromatic hydroxyl groups is 1. The third kappa shape index (κ3) is 5.82. The number of halogens is 3. The minimum absolute atomic E-state index is 0.00285. The molecule has 4 amide bonds. The number of phenols is 1. The number of rotatable bonds is 10. The van der Waals surface area contributed by atoms with Crippen LogP contribution in [0, 0.1) is 29.5 Å². The Morgan fingerprint density at radius 1 is 0.941 bits per heavy atom. The summed E-state index contributed by atoms with van der Waals surface area (Å²) in [7, 11) is 0. The van der Waals surface area contributed by atoms with Gasteiger partial charge in [0.05, 0.1) is 28.9 Å². The first-order valence-electron chi connectivity index (χ1n) is 16.9. The zero-order valence-corrected chi connectivity index (χ0v) is 29.6. The fourth-order valence-corrected chi connectivity index (χ4v) is 9.27. The summed E-state index contributed by atoms with van der Waals surface area (Å²) >= 11 is 9.84. The Balaban J connectivity index is 1.35. The number of hydrazine groups is 1. The number of phenolic OH excluding ortho intramolecular Hbond substituents is 1. The molecule has 13 heteroatoms. The van der Waals surface area contributed by atoms with Gasteiger partial charge in [-0.15, -0.1) is 0 Å². The number of fused-ring (bicyclic) bond motifs is 4. The predicted molar refractivity (Wildman–Crippen MR) is 188 cm³/mol. The highest BCUT2D eigenvalue weighted by Gasteiger charge is 2.70. The first kappa shape index (κ1) is 34.9. The van der Waals surface area contributed by atoms with Crippen LogP contribution in [0.25, 0.3) is 0 Å². The summed E-state index contributed by atoms with van der Waals surface area (Å²) in [4.78, 5) is 70.0. The van der Waals surface area contributed by atoms with Gasteiger partial charge in [-0.1, -0.05) is 57.7 Å². The normalized spacial score (nSPS) is 26.9. The molecule has 3 aromatic rings. The summed E-state index contributed by atoms with van der Waals surface area (Å²) in [5.74, 6) is -7.38. The lowest BCUT2D eigenvalue weighted by Gasteiger charge is -2.50. The maximum atomic E-state index is 15.1. The minimum Gasteiger partial charge on any atom is -0.508 e. The molecule has 3 aromatic carbocycles. The fourth-order valence-electron chi connectivity index (χ4n) is 8.76. The van der Waals surface area contributed by atoms with Crippen molar-refractivity contribution in [2.75, 3.05) is 12.0 Å². The highest BCUT2D eigenvalue weighted by atomic mass is 79.9. The predicted octanol–water partition coefficient (Wildman–Crippen LogP) is 6.58. The summed E-state index contributed by atoms with van der Waals surface area (Å²) < 4.78 is 14.4. The number of carboxylic acids is 1. The van der Waals surface area contributed by atoms with Crippen molar-refractivity contribution in [1.82, 2.24) is 9.91 Å². The summed E-state index contributed by atoms with van der Waals surface area (Å²) in [6, 6.07) is 16.8. The van der Waals surface area contributed by atoms with E-state index >= 15 is 4.79 Å². The van der Waals surface area contributed by atoms with E-state index in [1.807, 2.05) is 6.08 Å². The van der Waals surface area contributed by atoms with Crippen LogP contribution in [0.3, 0.4) is 0 Å². The number of carbonyl (C=O) groups excluding carboxylic acids is 4. The van der Waals surface area contributed by atoms with Crippen molar-refractivity contribution in [2.24, 2.45) is 23.7 Å². The van der Waals surface area contributed by atoms with Gasteiger partial charge in [0.2, 0.25) is 11.8 Å². The van der Waals surface area contributed by atoms with Gasteiger partial charge in [0.15, 0.2) is 0 Å². The fraction of sp³-hybridized carbons (Fsp3) is 0.342. The molecule has 6 atom stereocenters. The van der Waals surface area contributed by atoms with Crippen LogP contribution in [0.15, 0.2) is 82.9 Å². The van der Waals surface area contributed by atoms with Gasteiger partial charge < -0.3 is 10.2 Å². The quantitative estimate of drug-likeness (QED) is 0.119. The van der Waals surface area contributed by atoms with Gasteiger partial charge in [-0.2, -0.15) is 5.01 Å². The van der Waals surface area contributed by atoms with Crippen LogP contribution in [0.1, 0.15) is 55.6 Å². The average Bonchev–Trinajstić information content (AvgIpc) is 3.47. The Labute approximate surface area is 306 Å². The number of likely N-dealkylation sites (tertiary alicyclic amines) is 1. The second kappa shape index (κ2) is 13.5. The molecule has 0 spiro atoms. The van der Waals surface area contributed by atoms with Crippen LogP contribution >= 0.6 is 27.5 Å². The molecule has 2 aliphatic heterocycles. The van der Waals surface area contributed by atoms with Gasteiger partial charge in [-0.05, 0) is 91.8 Å². The van der Waals surface area contributed by atoms with Gasteiger partial charge in [0.1, 0.15) is 11.6 Å². The van der Waals surface area contributed by atoms with E-state index in [1.54, 1.807) is 36.4 Å². The lowest BCUT2D eigenvalue weighted by molar-refractivity contribution is -0.141.